The van der Waals surface area contributed by atoms with Crippen LogP contribution in [0.3, 0.4) is 0 Å². The quantitative estimate of drug-likeness (QED) is 0.926. The fourth-order valence-corrected chi connectivity index (χ4v) is 3.17. The maximum absolute atomic E-state index is 5.79. The Labute approximate surface area is 114 Å². The molecule has 0 aliphatic carbocycles. The molecule has 1 heterocycles. The fraction of sp³-hybridized carbons (Fsp3) is 0.308. The average molecular weight is 311 g/mol. The van der Waals surface area contributed by atoms with Crippen molar-refractivity contribution >= 4 is 32.4 Å². The molecule has 0 spiro atoms. The van der Waals surface area contributed by atoms with Crippen LogP contribution in [0.2, 0.25) is 0 Å². The Morgan fingerprint density at radius 3 is 2.94 bits per heavy atom. The third-order valence-electron chi connectivity index (χ3n) is 2.54. The number of aromatic nitrogens is 1. The molecule has 2 nitrogen and oxygen atoms in total. The number of nitrogen functional groups attached to an aromatic ring is 1. The molecule has 17 heavy (non-hydrogen) atoms. The Morgan fingerprint density at radius 2 is 2.24 bits per heavy atom. The zero-order valence-corrected chi connectivity index (χ0v) is 12.1. The lowest BCUT2D eigenvalue weighted by molar-refractivity contribution is 0.879. The van der Waals surface area contributed by atoms with E-state index >= 15 is 0 Å². The highest BCUT2D eigenvalue weighted by Crippen LogP contribution is 2.25. The summed E-state index contributed by atoms with van der Waals surface area (Å²) in [4.78, 5) is 5.70. The van der Waals surface area contributed by atoms with Gasteiger partial charge in [0, 0.05) is 15.8 Å². The van der Waals surface area contributed by atoms with Gasteiger partial charge in [0.2, 0.25) is 0 Å². The normalized spacial score (nSPS) is 10.7. The van der Waals surface area contributed by atoms with Crippen LogP contribution in [0, 0.1) is 0 Å². The molecule has 0 bridgehead atoms. The average Bonchev–Trinajstić information content (AvgIpc) is 2.59. The van der Waals surface area contributed by atoms with Crippen LogP contribution >= 0.6 is 27.3 Å². The van der Waals surface area contributed by atoms with Gasteiger partial charge in [0.15, 0.2) is 5.13 Å². The minimum Gasteiger partial charge on any atom is -0.375 e. The highest BCUT2D eigenvalue weighted by molar-refractivity contribution is 9.10. The number of hydrogen-bond donors (Lipinski definition) is 1. The molecular formula is C13H15BrN2S. The second-order valence-corrected chi connectivity index (χ2v) is 6.01. The number of nitrogens with two attached hydrogens (primary N) is 1. The van der Waals surface area contributed by atoms with Crippen molar-refractivity contribution in [2.45, 2.75) is 26.2 Å². The Bertz CT molecular complexity index is 508. The predicted molar refractivity (Wildman–Crippen MR) is 77.5 cm³/mol. The van der Waals surface area contributed by atoms with Crippen molar-refractivity contribution < 1.29 is 0 Å². The topological polar surface area (TPSA) is 38.9 Å². The molecule has 1 aromatic carbocycles. The van der Waals surface area contributed by atoms with Crippen LogP contribution in [0.4, 0.5) is 5.13 Å². The monoisotopic (exact) mass is 310 g/mol. The molecule has 0 aliphatic heterocycles. The molecule has 4 heteroatoms. The molecule has 90 valence electrons. The van der Waals surface area contributed by atoms with Crippen LogP contribution in [0.5, 0.6) is 0 Å². The van der Waals surface area contributed by atoms with E-state index in [2.05, 4.69) is 46.0 Å². The number of hydrogen-bond acceptors (Lipinski definition) is 3. The van der Waals surface area contributed by atoms with Gasteiger partial charge in [0.05, 0.1) is 5.69 Å². The van der Waals surface area contributed by atoms with Crippen molar-refractivity contribution in [2.75, 3.05) is 5.73 Å². The minimum atomic E-state index is 0.679. The standard InChI is InChI=1S/C13H15BrN2S/c1-2-4-11-12(17-13(15)16-11)8-9-5-3-6-10(14)7-9/h3,5-7H,2,4,8H2,1H3,(H2,15,16). The largest absolute Gasteiger partial charge is 0.375 e. The van der Waals surface area contributed by atoms with E-state index in [0.29, 0.717) is 5.13 Å². The molecule has 2 aromatic rings. The molecule has 0 amide bonds. The minimum absolute atomic E-state index is 0.679. The van der Waals surface area contributed by atoms with Gasteiger partial charge in [-0.3, -0.25) is 0 Å². The van der Waals surface area contributed by atoms with Gasteiger partial charge in [0.1, 0.15) is 0 Å². The Hall–Kier alpha value is -0.870. The summed E-state index contributed by atoms with van der Waals surface area (Å²) in [5.41, 5.74) is 8.25. The summed E-state index contributed by atoms with van der Waals surface area (Å²) in [7, 11) is 0. The van der Waals surface area contributed by atoms with E-state index in [1.165, 1.54) is 10.4 Å². The maximum atomic E-state index is 5.79. The summed E-state index contributed by atoms with van der Waals surface area (Å²) in [6.45, 7) is 2.17. The van der Waals surface area contributed by atoms with Gasteiger partial charge >= 0.3 is 0 Å². The lowest BCUT2D eigenvalue weighted by Gasteiger charge is -2.02. The summed E-state index contributed by atoms with van der Waals surface area (Å²) in [6.07, 6.45) is 3.04. The highest BCUT2D eigenvalue weighted by atomic mass is 79.9. The van der Waals surface area contributed by atoms with E-state index in [1.807, 2.05) is 6.07 Å². The Morgan fingerprint density at radius 1 is 1.41 bits per heavy atom. The second kappa shape index (κ2) is 5.65. The SMILES string of the molecule is CCCc1nc(N)sc1Cc1cccc(Br)c1. The van der Waals surface area contributed by atoms with E-state index < -0.39 is 0 Å². The summed E-state index contributed by atoms with van der Waals surface area (Å²) in [5, 5.41) is 0.679. The molecule has 0 atom stereocenters. The van der Waals surface area contributed by atoms with Crippen LogP contribution in [0.1, 0.15) is 29.5 Å². The molecule has 0 unspecified atom stereocenters. The molecule has 0 saturated heterocycles. The van der Waals surface area contributed by atoms with E-state index in [0.717, 1.165) is 29.4 Å². The van der Waals surface area contributed by atoms with Gasteiger partial charge in [0.25, 0.3) is 0 Å². The van der Waals surface area contributed by atoms with E-state index in [9.17, 15) is 0 Å². The van der Waals surface area contributed by atoms with Crippen molar-refractivity contribution in [2.24, 2.45) is 0 Å². The summed E-state index contributed by atoms with van der Waals surface area (Å²) in [6, 6.07) is 8.38. The number of nitrogens with zero attached hydrogens (tertiary/aromatic N) is 1. The Balaban J connectivity index is 2.23. The van der Waals surface area contributed by atoms with Crippen LogP contribution < -0.4 is 5.73 Å². The first-order chi connectivity index (χ1) is 8.19. The summed E-state index contributed by atoms with van der Waals surface area (Å²) >= 11 is 5.10. The van der Waals surface area contributed by atoms with Crippen LogP contribution in [-0.2, 0) is 12.8 Å². The van der Waals surface area contributed by atoms with Crippen LogP contribution in [0.25, 0.3) is 0 Å². The van der Waals surface area contributed by atoms with Gasteiger partial charge < -0.3 is 5.73 Å². The number of halogens is 1. The molecule has 1 aromatic heterocycles. The van der Waals surface area contributed by atoms with Gasteiger partial charge in [-0.1, -0.05) is 41.4 Å². The van der Waals surface area contributed by atoms with Crippen molar-refractivity contribution in [1.82, 2.24) is 4.98 Å². The van der Waals surface area contributed by atoms with Crippen molar-refractivity contribution in [1.29, 1.82) is 0 Å². The highest BCUT2D eigenvalue weighted by Gasteiger charge is 2.09. The Kier molecular flexibility index (Phi) is 4.18. The van der Waals surface area contributed by atoms with Gasteiger partial charge in [-0.05, 0) is 24.1 Å². The van der Waals surface area contributed by atoms with Crippen molar-refractivity contribution in [3.63, 3.8) is 0 Å². The molecule has 0 fully saturated rings. The third-order valence-corrected chi connectivity index (χ3v) is 3.96. The van der Waals surface area contributed by atoms with Gasteiger partial charge in [-0.25, -0.2) is 4.98 Å². The van der Waals surface area contributed by atoms with E-state index in [4.69, 9.17) is 5.73 Å². The van der Waals surface area contributed by atoms with E-state index in [-0.39, 0.29) is 0 Å². The zero-order chi connectivity index (χ0) is 12.3. The first-order valence-corrected chi connectivity index (χ1v) is 7.28. The zero-order valence-electron chi connectivity index (χ0n) is 9.74. The first kappa shape index (κ1) is 12.6. The van der Waals surface area contributed by atoms with Crippen molar-refractivity contribution in [3.8, 4) is 0 Å². The molecule has 0 radical (unpaired) electrons. The third kappa shape index (κ3) is 3.30. The van der Waals surface area contributed by atoms with Gasteiger partial charge in [-0.15, -0.1) is 11.3 Å². The lowest BCUT2D eigenvalue weighted by Crippen LogP contribution is -1.92. The summed E-state index contributed by atoms with van der Waals surface area (Å²) in [5.74, 6) is 0. The fourth-order valence-electron chi connectivity index (χ4n) is 1.81. The van der Waals surface area contributed by atoms with Crippen LogP contribution in [0.15, 0.2) is 28.7 Å². The van der Waals surface area contributed by atoms with Gasteiger partial charge in [-0.2, -0.15) is 0 Å². The maximum Gasteiger partial charge on any atom is 0.180 e. The van der Waals surface area contributed by atoms with Crippen LogP contribution in [-0.4, -0.2) is 4.98 Å². The lowest BCUT2D eigenvalue weighted by atomic mass is 10.1. The number of anilines is 1. The summed E-state index contributed by atoms with van der Waals surface area (Å²) < 4.78 is 1.12. The number of thiazole rings is 1. The van der Waals surface area contributed by atoms with E-state index in [1.54, 1.807) is 11.3 Å². The molecule has 2 rings (SSSR count). The number of rotatable bonds is 4. The molecule has 0 saturated carbocycles. The molecule has 2 N–H and O–H groups in total. The first-order valence-electron chi connectivity index (χ1n) is 5.67. The van der Waals surface area contributed by atoms with Crippen molar-refractivity contribution in [3.05, 3.63) is 44.9 Å². The number of aryl methyl sites for hydroxylation is 1. The molecule has 0 aliphatic rings. The predicted octanol–water partition coefficient (Wildman–Crippen LogP) is 4.03. The number of benzene rings is 1. The smallest absolute Gasteiger partial charge is 0.180 e. The molecular weight excluding hydrogens is 296 g/mol. The second-order valence-electron chi connectivity index (χ2n) is 3.98.